The molecule has 38 heavy (non-hydrogen) atoms. The highest BCUT2D eigenvalue weighted by molar-refractivity contribution is 7.90. The standard InChI is InChI=1S/C12H9FN2O5S.C10H8F6N/c1-21(18,19)12-14-6-9(11(16)17)10(15-12)20-8-4-2-7(13)3-5-8;1-17-5-6-2-7(9(11,12)13)4-8(3-6)10(14,15)16/h2-6H,1H3,(H,16,17);2-4H,5H2,1H3/q;-1. The third kappa shape index (κ3) is 8.65. The van der Waals surface area contributed by atoms with Crippen LogP contribution in [0.25, 0.3) is 5.32 Å². The van der Waals surface area contributed by atoms with Gasteiger partial charge in [-0.3, -0.25) is 0 Å². The van der Waals surface area contributed by atoms with Crippen LogP contribution in [-0.4, -0.2) is 42.8 Å². The zero-order valence-electron chi connectivity index (χ0n) is 19.3. The molecule has 1 aromatic heterocycles. The van der Waals surface area contributed by atoms with Gasteiger partial charge in [-0.1, -0.05) is 5.56 Å². The topological polar surface area (TPSA) is 121 Å². The number of aromatic carboxylic acids is 1. The molecule has 206 valence electrons. The van der Waals surface area contributed by atoms with Crippen LogP contribution in [0, 0.1) is 5.82 Å². The molecular weight excluding hydrogens is 551 g/mol. The molecule has 1 heterocycles. The lowest BCUT2D eigenvalue weighted by atomic mass is 10.0. The molecule has 3 rings (SSSR count). The second kappa shape index (κ2) is 11.7. The number of nitrogens with zero attached hydrogens (tertiary/aromatic N) is 3. The zero-order chi connectivity index (χ0) is 28.9. The van der Waals surface area contributed by atoms with Crippen molar-refractivity contribution in [3.63, 3.8) is 0 Å². The lowest BCUT2D eigenvalue weighted by molar-refractivity contribution is -0.143. The van der Waals surface area contributed by atoms with Gasteiger partial charge in [0.15, 0.2) is 0 Å². The van der Waals surface area contributed by atoms with Crippen LogP contribution < -0.4 is 4.74 Å². The number of hydrogen-bond acceptors (Lipinski definition) is 6. The van der Waals surface area contributed by atoms with E-state index in [4.69, 9.17) is 9.84 Å². The molecule has 0 spiro atoms. The summed E-state index contributed by atoms with van der Waals surface area (Å²) in [4.78, 5) is 18.1. The van der Waals surface area contributed by atoms with Crippen molar-refractivity contribution in [1.29, 1.82) is 0 Å². The summed E-state index contributed by atoms with van der Waals surface area (Å²) in [5.41, 5.74) is -3.15. The number of benzene rings is 2. The molecule has 0 aliphatic rings. The summed E-state index contributed by atoms with van der Waals surface area (Å²) < 4.78 is 115. The minimum Gasteiger partial charge on any atom is -0.661 e. The van der Waals surface area contributed by atoms with E-state index in [0.29, 0.717) is 12.1 Å². The van der Waals surface area contributed by atoms with Gasteiger partial charge in [0, 0.05) is 6.26 Å². The van der Waals surface area contributed by atoms with Crippen molar-refractivity contribution in [2.75, 3.05) is 13.3 Å². The number of rotatable bonds is 6. The van der Waals surface area contributed by atoms with E-state index in [1.165, 1.54) is 19.2 Å². The van der Waals surface area contributed by atoms with Crippen LogP contribution in [0.2, 0.25) is 0 Å². The fourth-order valence-electron chi connectivity index (χ4n) is 2.66. The molecule has 3 aromatic rings. The summed E-state index contributed by atoms with van der Waals surface area (Å²) in [6.07, 6.45) is -7.89. The Kier molecular flexibility index (Phi) is 9.39. The normalized spacial score (nSPS) is 11.9. The lowest BCUT2D eigenvalue weighted by Gasteiger charge is -2.17. The van der Waals surface area contributed by atoms with Gasteiger partial charge in [-0.2, -0.15) is 38.4 Å². The minimum absolute atomic E-state index is 0.0964. The van der Waals surface area contributed by atoms with E-state index in [1.54, 1.807) is 0 Å². The number of halogens is 7. The van der Waals surface area contributed by atoms with E-state index >= 15 is 0 Å². The Labute approximate surface area is 211 Å². The average molecular weight is 568 g/mol. The van der Waals surface area contributed by atoms with Crippen LogP contribution in [-0.2, 0) is 28.7 Å². The highest BCUT2D eigenvalue weighted by Gasteiger charge is 2.36. The van der Waals surface area contributed by atoms with Gasteiger partial charge in [0.25, 0.3) is 0 Å². The van der Waals surface area contributed by atoms with Gasteiger partial charge in [-0.25, -0.2) is 22.6 Å². The molecule has 0 radical (unpaired) electrons. The first-order valence-electron chi connectivity index (χ1n) is 9.99. The van der Waals surface area contributed by atoms with Crippen molar-refractivity contribution in [1.82, 2.24) is 9.97 Å². The van der Waals surface area contributed by atoms with Gasteiger partial charge >= 0.3 is 18.3 Å². The first kappa shape index (κ1) is 30.4. The molecule has 2 aromatic carbocycles. The van der Waals surface area contributed by atoms with Crippen LogP contribution >= 0.6 is 0 Å². The number of ether oxygens (including phenoxy) is 1. The predicted octanol–water partition coefficient (Wildman–Crippen LogP) is 5.74. The second-order valence-corrected chi connectivity index (χ2v) is 9.30. The maximum absolute atomic E-state index is 12.8. The van der Waals surface area contributed by atoms with E-state index in [2.05, 4.69) is 15.3 Å². The molecule has 0 aliphatic carbocycles. The Morgan fingerprint density at radius 2 is 1.53 bits per heavy atom. The number of carbonyl (C=O) groups is 1. The van der Waals surface area contributed by atoms with Crippen LogP contribution in [0.4, 0.5) is 30.7 Å². The van der Waals surface area contributed by atoms with Gasteiger partial charge in [0.05, 0.1) is 17.3 Å². The summed E-state index contributed by atoms with van der Waals surface area (Å²) in [5, 5.41) is 12.0. The number of aromatic nitrogens is 2. The summed E-state index contributed by atoms with van der Waals surface area (Å²) >= 11 is 0. The van der Waals surface area contributed by atoms with Crippen molar-refractivity contribution >= 4 is 15.8 Å². The number of alkyl halides is 6. The van der Waals surface area contributed by atoms with E-state index in [9.17, 15) is 43.9 Å². The third-order valence-electron chi connectivity index (χ3n) is 4.31. The largest absolute Gasteiger partial charge is 0.661 e. The highest BCUT2D eigenvalue weighted by atomic mass is 32.2. The molecule has 0 atom stereocenters. The van der Waals surface area contributed by atoms with Crippen LogP contribution in [0.15, 0.2) is 53.8 Å². The maximum Gasteiger partial charge on any atom is 0.416 e. The quantitative estimate of drug-likeness (QED) is 0.298. The van der Waals surface area contributed by atoms with E-state index in [1.807, 2.05) is 0 Å². The number of carboxylic acids is 1. The minimum atomic E-state index is -4.80. The van der Waals surface area contributed by atoms with Crippen LogP contribution in [0.1, 0.15) is 27.0 Å². The summed E-state index contributed by atoms with van der Waals surface area (Å²) in [5.74, 6) is -2.21. The van der Waals surface area contributed by atoms with Crippen molar-refractivity contribution < 1.29 is 53.8 Å². The molecule has 0 aliphatic heterocycles. The molecule has 0 fully saturated rings. The smallest absolute Gasteiger partial charge is 0.416 e. The van der Waals surface area contributed by atoms with Gasteiger partial charge in [0.1, 0.15) is 17.1 Å². The average Bonchev–Trinajstić information content (AvgIpc) is 2.79. The van der Waals surface area contributed by atoms with Crippen molar-refractivity contribution in [3.8, 4) is 11.6 Å². The molecule has 16 heteroatoms. The predicted molar refractivity (Wildman–Crippen MR) is 118 cm³/mol. The highest BCUT2D eigenvalue weighted by Crippen LogP contribution is 2.36. The van der Waals surface area contributed by atoms with E-state index in [0.717, 1.165) is 24.6 Å². The Hall–Kier alpha value is -3.79. The molecule has 0 saturated carbocycles. The zero-order valence-corrected chi connectivity index (χ0v) is 20.1. The fourth-order valence-corrected chi connectivity index (χ4v) is 3.15. The monoisotopic (exact) mass is 568 g/mol. The molecular formula is C22H17F7N3O5S-. The Balaban J connectivity index is 0.000000273. The molecule has 8 nitrogen and oxygen atoms in total. The van der Waals surface area contributed by atoms with E-state index < -0.39 is 61.7 Å². The molecule has 0 saturated heterocycles. The first-order chi connectivity index (χ1) is 17.4. The van der Waals surface area contributed by atoms with E-state index in [-0.39, 0.29) is 23.9 Å². The van der Waals surface area contributed by atoms with Crippen molar-refractivity contribution in [3.05, 3.63) is 82.0 Å². The molecule has 0 bridgehead atoms. The first-order valence-corrected chi connectivity index (χ1v) is 11.9. The van der Waals surface area contributed by atoms with Crippen LogP contribution in [0.3, 0.4) is 0 Å². The molecule has 0 amide bonds. The Morgan fingerprint density at radius 1 is 1.00 bits per heavy atom. The summed E-state index contributed by atoms with van der Waals surface area (Å²) in [7, 11) is -2.41. The Bertz CT molecular complexity index is 1360. The van der Waals surface area contributed by atoms with Crippen molar-refractivity contribution in [2.24, 2.45) is 0 Å². The number of sulfone groups is 1. The van der Waals surface area contributed by atoms with Gasteiger partial charge in [-0.15, -0.1) is 6.54 Å². The number of hydrogen-bond donors (Lipinski definition) is 1. The van der Waals surface area contributed by atoms with Crippen molar-refractivity contribution in [2.45, 2.75) is 24.1 Å². The molecule has 0 unspecified atom stereocenters. The van der Waals surface area contributed by atoms with Gasteiger partial charge in [-0.05, 0) is 42.5 Å². The Morgan fingerprint density at radius 3 is 1.95 bits per heavy atom. The maximum atomic E-state index is 12.8. The number of carboxylic acid groups (broad SMARTS) is 1. The molecule has 1 N–H and O–H groups in total. The van der Waals surface area contributed by atoms with Crippen LogP contribution in [0.5, 0.6) is 11.6 Å². The summed E-state index contributed by atoms with van der Waals surface area (Å²) in [6, 6.07) is 6.15. The van der Waals surface area contributed by atoms with Gasteiger partial charge in [0.2, 0.25) is 20.9 Å². The second-order valence-electron chi connectivity index (χ2n) is 7.39. The fraction of sp³-hybridized carbons (Fsp3) is 0.227. The summed E-state index contributed by atoms with van der Waals surface area (Å²) in [6.45, 7) is -0.188. The SMILES string of the molecule is CS(=O)(=O)c1ncc(C(=O)O)c(Oc2ccc(F)cc2)n1.C[N-]Cc1cc(C(F)(F)F)cc(C(F)(F)F)c1. The van der Waals surface area contributed by atoms with Gasteiger partial charge < -0.3 is 15.2 Å². The third-order valence-corrected chi connectivity index (χ3v) is 5.17. The lowest BCUT2D eigenvalue weighted by Crippen LogP contribution is -2.11.